The van der Waals surface area contributed by atoms with E-state index in [1.165, 1.54) is 0 Å². The number of nitrogens with two attached hydrogens (primary N) is 3. The molecule has 0 saturated heterocycles. The smallest absolute Gasteiger partial charge is 0.240 e. The Labute approximate surface area is 125 Å². The van der Waals surface area contributed by atoms with E-state index < -0.39 is 18.0 Å². The van der Waals surface area contributed by atoms with Crippen LogP contribution in [0.25, 0.3) is 0 Å². The SMILES string of the molecule is CN[C@H](CCCN=C(N)N)C(=O)N[C@H](CC(C)C)C(N)=O. The molecule has 0 radical (unpaired) electrons. The van der Waals surface area contributed by atoms with Crippen molar-refractivity contribution in [2.24, 2.45) is 28.1 Å². The van der Waals surface area contributed by atoms with Crippen molar-refractivity contribution < 1.29 is 9.59 Å². The van der Waals surface area contributed by atoms with Crippen LogP contribution in [0.15, 0.2) is 4.99 Å². The van der Waals surface area contributed by atoms with Gasteiger partial charge in [0.2, 0.25) is 11.8 Å². The first-order valence-electron chi connectivity index (χ1n) is 7.10. The van der Waals surface area contributed by atoms with E-state index in [4.69, 9.17) is 17.2 Å². The van der Waals surface area contributed by atoms with Crippen molar-refractivity contribution >= 4 is 17.8 Å². The minimum absolute atomic E-state index is 0.0335. The topological polar surface area (TPSA) is 149 Å². The first kappa shape index (κ1) is 19.2. The zero-order chi connectivity index (χ0) is 16.4. The monoisotopic (exact) mass is 300 g/mol. The summed E-state index contributed by atoms with van der Waals surface area (Å²) in [6.07, 6.45) is 1.74. The fourth-order valence-electron chi connectivity index (χ4n) is 1.90. The van der Waals surface area contributed by atoms with E-state index in [0.717, 1.165) is 0 Å². The van der Waals surface area contributed by atoms with Gasteiger partial charge in [0.1, 0.15) is 6.04 Å². The fourth-order valence-corrected chi connectivity index (χ4v) is 1.90. The normalized spacial score (nSPS) is 13.5. The summed E-state index contributed by atoms with van der Waals surface area (Å²) in [5.74, 6) is -0.469. The highest BCUT2D eigenvalue weighted by Crippen LogP contribution is 2.06. The van der Waals surface area contributed by atoms with E-state index in [2.05, 4.69) is 15.6 Å². The van der Waals surface area contributed by atoms with E-state index in [-0.39, 0.29) is 17.8 Å². The molecule has 2 atom stereocenters. The summed E-state index contributed by atoms with van der Waals surface area (Å²) in [5, 5.41) is 5.60. The first-order valence-corrected chi connectivity index (χ1v) is 7.10. The number of aliphatic imine (C=N–C) groups is 1. The zero-order valence-electron chi connectivity index (χ0n) is 13.1. The second-order valence-corrected chi connectivity index (χ2v) is 5.38. The van der Waals surface area contributed by atoms with Crippen molar-refractivity contribution in [3.05, 3.63) is 0 Å². The molecule has 21 heavy (non-hydrogen) atoms. The van der Waals surface area contributed by atoms with Crippen LogP contribution in [0.1, 0.15) is 33.1 Å². The molecule has 0 aliphatic heterocycles. The summed E-state index contributed by atoms with van der Waals surface area (Å²) in [5.41, 5.74) is 15.8. The van der Waals surface area contributed by atoms with Crippen molar-refractivity contribution in [1.29, 1.82) is 0 Å². The molecule has 0 aliphatic carbocycles. The van der Waals surface area contributed by atoms with Gasteiger partial charge in [-0.2, -0.15) is 0 Å². The third kappa shape index (κ3) is 8.85. The van der Waals surface area contributed by atoms with Gasteiger partial charge >= 0.3 is 0 Å². The molecule has 122 valence electrons. The van der Waals surface area contributed by atoms with Crippen LogP contribution in [0, 0.1) is 5.92 Å². The zero-order valence-corrected chi connectivity index (χ0v) is 13.1. The van der Waals surface area contributed by atoms with E-state index in [1.54, 1.807) is 7.05 Å². The number of primary amides is 1. The lowest BCUT2D eigenvalue weighted by molar-refractivity contribution is -0.129. The number of hydrogen-bond acceptors (Lipinski definition) is 4. The highest BCUT2D eigenvalue weighted by atomic mass is 16.2. The Morgan fingerprint density at radius 2 is 1.76 bits per heavy atom. The molecule has 0 unspecified atom stereocenters. The molecule has 8 N–H and O–H groups in total. The Morgan fingerprint density at radius 3 is 2.19 bits per heavy atom. The fraction of sp³-hybridized carbons (Fsp3) is 0.769. The Kier molecular flexibility index (Phi) is 9.11. The van der Waals surface area contributed by atoms with Crippen LogP contribution in [0.2, 0.25) is 0 Å². The van der Waals surface area contributed by atoms with Crippen LogP contribution >= 0.6 is 0 Å². The lowest BCUT2D eigenvalue weighted by atomic mass is 10.0. The number of hydrogen-bond donors (Lipinski definition) is 5. The number of carbonyl (C=O) groups excluding carboxylic acids is 2. The van der Waals surface area contributed by atoms with Crippen LogP contribution in [0.5, 0.6) is 0 Å². The molecule has 0 fully saturated rings. The Bertz CT molecular complexity index is 366. The third-order valence-corrected chi connectivity index (χ3v) is 2.98. The Balaban J connectivity index is 4.41. The Morgan fingerprint density at radius 1 is 1.14 bits per heavy atom. The lowest BCUT2D eigenvalue weighted by Crippen LogP contribution is -2.51. The van der Waals surface area contributed by atoms with Gasteiger partial charge in [-0.25, -0.2) is 0 Å². The van der Waals surface area contributed by atoms with Crippen LogP contribution < -0.4 is 27.8 Å². The number of guanidine groups is 1. The van der Waals surface area contributed by atoms with E-state index in [1.807, 2.05) is 13.8 Å². The van der Waals surface area contributed by atoms with Gasteiger partial charge in [-0.1, -0.05) is 13.8 Å². The second-order valence-electron chi connectivity index (χ2n) is 5.38. The summed E-state index contributed by atoms with van der Waals surface area (Å²) in [6, 6.07) is -1.06. The predicted octanol–water partition coefficient (Wildman–Crippen LogP) is -1.36. The number of nitrogens with one attached hydrogen (secondary N) is 2. The maximum absolute atomic E-state index is 12.1. The maximum Gasteiger partial charge on any atom is 0.240 e. The van der Waals surface area contributed by atoms with E-state index >= 15 is 0 Å². The molecular formula is C13H28N6O2. The van der Waals surface area contributed by atoms with Crippen molar-refractivity contribution in [2.45, 2.75) is 45.2 Å². The number of carbonyl (C=O) groups is 2. The predicted molar refractivity (Wildman–Crippen MR) is 83.3 cm³/mol. The van der Waals surface area contributed by atoms with Gasteiger partial charge in [-0.3, -0.25) is 14.6 Å². The molecule has 0 saturated carbocycles. The van der Waals surface area contributed by atoms with Crippen LogP contribution in [0.3, 0.4) is 0 Å². The van der Waals surface area contributed by atoms with Crippen LogP contribution in [0.4, 0.5) is 0 Å². The molecule has 0 aliphatic rings. The molecule has 0 aromatic carbocycles. The molecule has 0 aromatic rings. The van der Waals surface area contributed by atoms with Crippen molar-refractivity contribution in [3.63, 3.8) is 0 Å². The standard InChI is InChI=1S/C13H28N6O2/c1-8(2)7-10(11(14)20)19-12(21)9(17-3)5-4-6-18-13(15)16/h8-10,17H,4-7H2,1-3H3,(H2,14,20)(H,19,21)(H4,15,16,18)/t9-,10-/m1/s1. The van der Waals surface area contributed by atoms with Gasteiger partial charge in [0.05, 0.1) is 6.04 Å². The third-order valence-electron chi connectivity index (χ3n) is 2.98. The van der Waals surface area contributed by atoms with Crippen molar-refractivity contribution in [2.75, 3.05) is 13.6 Å². The molecule has 0 heterocycles. The molecule has 0 bridgehead atoms. The maximum atomic E-state index is 12.1. The number of likely N-dealkylation sites (N-methyl/N-ethyl adjacent to an activating group) is 1. The van der Waals surface area contributed by atoms with E-state index in [9.17, 15) is 9.59 Å². The van der Waals surface area contributed by atoms with Crippen LogP contribution in [-0.4, -0.2) is 43.5 Å². The molecule has 8 heteroatoms. The molecule has 0 rings (SSSR count). The minimum atomic E-state index is -0.647. The molecule has 0 spiro atoms. The summed E-state index contributed by atoms with van der Waals surface area (Å²) < 4.78 is 0. The van der Waals surface area contributed by atoms with Gasteiger partial charge in [-0.05, 0) is 32.2 Å². The quantitative estimate of drug-likeness (QED) is 0.192. The van der Waals surface area contributed by atoms with Gasteiger partial charge in [0.25, 0.3) is 0 Å². The highest BCUT2D eigenvalue weighted by Gasteiger charge is 2.23. The average molecular weight is 300 g/mol. The van der Waals surface area contributed by atoms with Crippen molar-refractivity contribution in [1.82, 2.24) is 10.6 Å². The van der Waals surface area contributed by atoms with Gasteiger partial charge < -0.3 is 27.8 Å². The molecule has 0 aromatic heterocycles. The number of amides is 2. The molecule has 8 nitrogen and oxygen atoms in total. The number of rotatable bonds is 10. The average Bonchev–Trinajstić information content (AvgIpc) is 2.36. The lowest BCUT2D eigenvalue weighted by Gasteiger charge is -2.21. The van der Waals surface area contributed by atoms with Crippen LogP contribution in [-0.2, 0) is 9.59 Å². The molecular weight excluding hydrogens is 272 g/mol. The van der Waals surface area contributed by atoms with Gasteiger partial charge in [0, 0.05) is 6.54 Å². The summed E-state index contributed by atoms with van der Waals surface area (Å²) in [4.78, 5) is 27.3. The van der Waals surface area contributed by atoms with Crippen molar-refractivity contribution in [3.8, 4) is 0 Å². The second kappa shape index (κ2) is 9.98. The minimum Gasteiger partial charge on any atom is -0.370 e. The largest absolute Gasteiger partial charge is 0.370 e. The summed E-state index contributed by atoms with van der Waals surface area (Å²) in [7, 11) is 1.69. The van der Waals surface area contributed by atoms with E-state index in [0.29, 0.717) is 25.8 Å². The van der Waals surface area contributed by atoms with Gasteiger partial charge in [-0.15, -0.1) is 0 Å². The summed E-state index contributed by atoms with van der Waals surface area (Å²) in [6.45, 7) is 4.39. The van der Waals surface area contributed by atoms with Gasteiger partial charge in [0.15, 0.2) is 5.96 Å². The first-order chi connectivity index (χ1) is 9.77. The highest BCUT2D eigenvalue weighted by molar-refractivity contribution is 5.88. The Hall–Kier alpha value is -1.83. The summed E-state index contributed by atoms with van der Waals surface area (Å²) >= 11 is 0. The molecule has 2 amide bonds. The number of nitrogens with zero attached hydrogens (tertiary/aromatic N) is 1.